The number of amides is 4. The predicted molar refractivity (Wildman–Crippen MR) is 217 cm³/mol. The van der Waals surface area contributed by atoms with Crippen molar-refractivity contribution in [2.45, 2.75) is 84.2 Å². The number of benzene rings is 2. The van der Waals surface area contributed by atoms with Crippen LogP contribution in [0.4, 0.5) is 14.0 Å². The fourth-order valence-electron chi connectivity index (χ4n) is 8.17. The lowest BCUT2D eigenvalue weighted by Gasteiger charge is -2.30. The summed E-state index contributed by atoms with van der Waals surface area (Å²) in [5.74, 6) is 0.0548. The summed E-state index contributed by atoms with van der Waals surface area (Å²) in [6.07, 6.45) is 1.36. The minimum atomic E-state index is -0.805. The van der Waals surface area contributed by atoms with Gasteiger partial charge < -0.3 is 44.6 Å². The van der Waals surface area contributed by atoms with Gasteiger partial charge >= 0.3 is 12.2 Å². The number of methoxy groups -OCH3 is 2. The van der Waals surface area contributed by atoms with Gasteiger partial charge in [-0.15, -0.1) is 0 Å². The van der Waals surface area contributed by atoms with Gasteiger partial charge in [0, 0.05) is 35.3 Å². The molecule has 0 unspecified atom stereocenters. The van der Waals surface area contributed by atoms with Gasteiger partial charge in [0.05, 0.1) is 26.3 Å². The van der Waals surface area contributed by atoms with E-state index >= 15 is 4.39 Å². The predicted octanol–water partition coefficient (Wildman–Crippen LogP) is 7.56. The van der Waals surface area contributed by atoms with Gasteiger partial charge in [-0.3, -0.25) is 9.59 Å². The number of halogens is 3. The Bertz CT molecular complexity index is 2280. The standard InChI is InChI=1S/C41H47Cl2FN8O7/c1-19(2)30(47-40(55)57-5)38(53)51-15-7-9-26(51)36-45-32(34(42)49-36)21-11-12-23-22-13-14-24(29(44)25(22)18-59-28(23)17-21)33-35(43)50-37(46-33)27-10-8-16-52(27)39(54)31(20(3)4)48-41(56)58-6/h11-14,17,19-20,26-27,30-31H,7-10,15-16,18H2,1-6H3,(H,45,49)(H,46,50)(H,47,55)(H,48,56)/t26-,27-,30-,31-/m0/s1. The number of aromatic nitrogens is 4. The van der Waals surface area contributed by atoms with Crippen molar-refractivity contribution < 1.29 is 37.8 Å². The molecule has 3 aliphatic heterocycles. The molecule has 18 heteroatoms. The average molecular weight is 854 g/mol. The minimum Gasteiger partial charge on any atom is -0.488 e. The van der Waals surface area contributed by atoms with Gasteiger partial charge in [0.1, 0.15) is 63.6 Å². The van der Waals surface area contributed by atoms with Gasteiger partial charge in [-0.25, -0.2) is 23.9 Å². The van der Waals surface area contributed by atoms with E-state index in [1.165, 1.54) is 14.2 Å². The molecule has 314 valence electrons. The molecule has 2 aromatic heterocycles. The highest BCUT2D eigenvalue weighted by Gasteiger charge is 2.40. The Balaban J connectivity index is 1.11. The lowest BCUT2D eigenvalue weighted by atomic mass is 9.93. The summed E-state index contributed by atoms with van der Waals surface area (Å²) in [5, 5.41) is 5.71. The number of hydrogen-bond acceptors (Lipinski definition) is 9. The van der Waals surface area contributed by atoms with Crippen molar-refractivity contribution in [3.8, 4) is 39.4 Å². The number of nitrogens with one attached hydrogen (secondary N) is 4. The molecule has 15 nitrogen and oxygen atoms in total. The number of nitrogens with zero attached hydrogens (tertiary/aromatic N) is 4. The van der Waals surface area contributed by atoms with Crippen molar-refractivity contribution in [3.63, 3.8) is 0 Å². The Morgan fingerprint density at radius 1 is 0.780 bits per heavy atom. The molecule has 2 fully saturated rings. The number of hydrogen-bond donors (Lipinski definition) is 4. The summed E-state index contributed by atoms with van der Waals surface area (Å²) in [6, 6.07) is 6.49. The van der Waals surface area contributed by atoms with Gasteiger partial charge in [0.2, 0.25) is 11.8 Å². The number of H-pyrrole nitrogens is 2. The second kappa shape index (κ2) is 17.1. The summed E-state index contributed by atoms with van der Waals surface area (Å²) in [5.41, 5.74) is 3.18. The smallest absolute Gasteiger partial charge is 0.407 e. The van der Waals surface area contributed by atoms with Crippen LogP contribution in [0.15, 0.2) is 30.3 Å². The van der Waals surface area contributed by atoms with Gasteiger partial charge in [-0.05, 0) is 61.3 Å². The third-order valence-electron chi connectivity index (χ3n) is 11.3. The van der Waals surface area contributed by atoms with Crippen LogP contribution < -0.4 is 15.4 Å². The van der Waals surface area contributed by atoms with Crippen molar-refractivity contribution in [1.29, 1.82) is 0 Å². The van der Waals surface area contributed by atoms with E-state index in [1.807, 2.05) is 39.8 Å². The Kier molecular flexibility index (Phi) is 12.1. The van der Waals surface area contributed by atoms with Crippen LogP contribution in [0.3, 0.4) is 0 Å². The summed E-state index contributed by atoms with van der Waals surface area (Å²) >= 11 is 13.4. The number of aromatic amines is 2. The molecule has 2 saturated heterocycles. The molecular weight excluding hydrogens is 806 g/mol. The third kappa shape index (κ3) is 8.04. The van der Waals surface area contributed by atoms with E-state index in [0.717, 1.165) is 6.42 Å². The maximum atomic E-state index is 16.5. The van der Waals surface area contributed by atoms with Crippen molar-refractivity contribution in [3.05, 3.63) is 63.7 Å². The van der Waals surface area contributed by atoms with Crippen LogP contribution in [0.2, 0.25) is 10.3 Å². The maximum Gasteiger partial charge on any atom is 0.407 e. The van der Waals surface area contributed by atoms with E-state index in [2.05, 4.69) is 20.6 Å². The van der Waals surface area contributed by atoms with E-state index in [-0.39, 0.29) is 57.9 Å². The first-order chi connectivity index (χ1) is 28.2. The van der Waals surface area contributed by atoms with Crippen LogP contribution in [-0.4, -0.2) is 93.1 Å². The van der Waals surface area contributed by atoms with Crippen LogP contribution in [0.1, 0.15) is 82.7 Å². The quantitative estimate of drug-likeness (QED) is 0.125. The molecule has 0 spiro atoms. The number of fused-ring (bicyclic) bond motifs is 3. The number of imidazole rings is 2. The minimum absolute atomic E-state index is 0.0651. The largest absolute Gasteiger partial charge is 0.488 e. The van der Waals surface area contributed by atoms with Crippen molar-refractivity contribution in [1.82, 2.24) is 40.4 Å². The number of carbonyl (C=O) groups is 4. The maximum absolute atomic E-state index is 16.5. The average Bonchev–Trinajstić information content (AvgIpc) is 4.05. The molecule has 4 N–H and O–H groups in total. The number of likely N-dealkylation sites (tertiary alicyclic amines) is 2. The fourth-order valence-corrected chi connectivity index (χ4v) is 8.66. The summed E-state index contributed by atoms with van der Waals surface area (Å²) in [7, 11) is 2.50. The molecule has 4 amide bonds. The molecular formula is C41H47Cl2FN8O7. The Morgan fingerprint density at radius 2 is 1.27 bits per heavy atom. The van der Waals surface area contributed by atoms with Crippen LogP contribution in [0, 0.1) is 17.7 Å². The molecule has 0 bridgehead atoms. The number of carbonyl (C=O) groups excluding carboxylic acids is 4. The second-order valence-corrected chi connectivity index (χ2v) is 16.4. The fraction of sp³-hybridized carbons (Fsp3) is 0.463. The Hall–Kier alpha value is -5.35. The zero-order chi connectivity index (χ0) is 42.3. The number of alkyl carbamates (subject to hydrolysis) is 2. The second-order valence-electron chi connectivity index (χ2n) is 15.6. The molecule has 5 heterocycles. The monoisotopic (exact) mass is 852 g/mol. The van der Waals surface area contributed by atoms with Crippen molar-refractivity contribution in [2.24, 2.45) is 11.8 Å². The first-order valence-electron chi connectivity index (χ1n) is 19.6. The number of rotatable bonds is 10. The molecule has 3 aliphatic rings. The molecule has 4 aromatic rings. The first kappa shape index (κ1) is 41.8. The van der Waals surface area contributed by atoms with Crippen LogP contribution in [0.25, 0.3) is 33.6 Å². The van der Waals surface area contributed by atoms with Gasteiger partial charge in [0.15, 0.2) is 0 Å². The molecule has 4 atom stereocenters. The molecule has 0 aliphatic carbocycles. The van der Waals surface area contributed by atoms with E-state index in [1.54, 1.807) is 28.0 Å². The highest BCUT2D eigenvalue weighted by atomic mass is 35.5. The summed E-state index contributed by atoms with van der Waals surface area (Å²) in [6.45, 7) is 8.28. The Morgan fingerprint density at radius 3 is 1.80 bits per heavy atom. The lowest BCUT2D eigenvalue weighted by Crippen LogP contribution is -2.51. The zero-order valence-electron chi connectivity index (χ0n) is 33.6. The lowest BCUT2D eigenvalue weighted by molar-refractivity contribution is -0.136. The molecule has 7 rings (SSSR count). The molecule has 2 aromatic carbocycles. The van der Waals surface area contributed by atoms with E-state index in [9.17, 15) is 19.2 Å². The third-order valence-corrected chi connectivity index (χ3v) is 11.8. The van der Waals surface area contributed by atoms with E-state index in [4.69, 9.17) is 47.4 Å². The normalized spacial score (nSPS) is 18.3. The van der Waals surface area contributed by atoms with Crippen LogP contribution in [0.5, 0.6) is 5.75 Å². The summed E-state index contributed by atoms with van der Waals surface area (Å²) < 4.78 is 32.1. The van der Waals surface area contributed by atoms with E-state index < -0.39 is 36.1 Å². The van der Waals surface area contributed by atoms with Crippen molar-refractivity contribution in [2.75, 3.05) is 27.3 Å². The highest BCUT2D eigenvalue weighted by molar-refractivity contribution is 6.32. The topological polar surface area (TPSA) is 184 Å². The van der Waals surface area contributed by atoms with Crippen LogP contribution >= 0.6 is 23.2 Å². The molecule has 0 radical (unpaired) electrons. The van der Waals surface area contributed by atoms with E-state index in [0.29, 0.717) is 77.7 Å². The van der Waals surface area contributed by atoms with Gasteiger partial charge in [-0.2, -0.15) is 0 Å². The highest BCUT2D eigenvalue weighted by Crippen LogP contribution is 2.45. The molecule has 59 heavy (non-hydrogen) atoms. The summed E-state index contributed by atoms with van der Waals surface area (Å²) in [4.78, 5) is 70.5. The SMILES string of the molecule is COC(=O)N[C@H](C(=O)N1CCC[C@H]1c1nc(-c2ccc3c(c2)OCc2c-3ccc(-c3nc([C@@H]4CCCN4C(=O)[C@@H](NC(=O)OC)C(C)C)[nH]c3Cl)c2F)c(Cl)[nH]1)C(C)C. The Labute approximate surface area is 350 Å². The van der Waals surface area contributed by atoms with Crippen LogP contribution in [-0.2, 0) is 25.7 Å². The first-order valence-corrected chi connectivity index (χ1v) is 20.4. The van der Waals surface area contributed by atoms with Gasteiger partial charge in [-0.1, -0.05) is 63.0 Å². The van der Waals surface area contributed by atoms with Gasteiger partial charge in [0.25, 0.3) is 0 Å². The molecule has 0 saturated carbocycles. The number of ether oxygens (including phenoxy) is 3. The van der Waals surface area contributed by atoms with Crippen molar-refractivity contribution >= 4 is 47.2 Å². The zero-order valence-corrected chi connectivity index (χ0v) is 35.1.